The molecule has 2 aliphatic rings. The lowest BCUT2D eigenvalue weighted by Gasteiger charge is -2.23. The topological polar surface area (TPSA) is 228 Å². The van der Waals surface area contributed by atoms with Crippen LogP contribution in [-0.2, 0) is 13.1 Å². The van der Waals surface area contributed by atoms with E-state index >= 15 is 0 Å². The summed E-state index contributed by atoms with van der Waals surface area (Å²) < 4.78 is 1.74. The lowest BCUT2D eigenvalue weighted by Crippen LogP contribution is -2.43. The number of carbonyl (C=O) groups is 4. The first-order valence-corrected chi connectivity index (χ1v) is 23.6. The first-order chi connectivity index (χ1) is 34.4. The number of aromatic nitrogens is 8. The van der Waals surface area contributed by atoms with E-state index in [1.54, 1.807) is 83.1 Å². The van der Waals surface area contributed by atoms with Crippen LogP contribution in [0, 0.1) is 0 Å². The Hall–Kier alpha value is -8.22. The van der Waals surface area contributed by atoms with Crippen LogP contribution >= 0.6 is 0 Å². The number of rotatable bonds is 14. The number of benzene rings is 4. The summed E-state index contributed by atoms with van der Waals surface area (Å²) in [5.41, 5.74) is 4.21. The average molecular weight is 939 g/mol. The third kappa shape index (κ3) is 11.5. The molecule has 356 valence electrons. The summed E-state index contributed by atoms with van der Waals surface area (Å²) in [6, 6.07) is 30.2. The van der Waals surface area contributed by atoms with Crippen LogP contribution in [0.25, 0.3) is 21.5 Å². The molecule has 2 unspecified atom stereocenters. The summed E-state index contributed by atoms with van der Waals surface area (Å²) in [4.78, 5) is 62.5. The molecule has 0 bridgehead atoms. The van der Waals surface area contributed by atoms with Gasteiger partial charge in [-0.25, -0.2) is 14.6 Å². The first-order valence-electron chi connectivity index (χ1n) is 23.6. The molecule has 4 amide bonds. The zero-order valence-corrected chi connectivity index (χ0v) is 38.6. The zero-order chi connectivity index (χ0) is 48.1. The van der Waals surface area contributed by atoms with Gasteiger partial charge in [0.1, 0.15) is 0 Å². The molecule has 4 aromatic heterocycles. The van der Waals surface area contributed by atoms with Gasteiger partial charge in [-0.2, -0.15) is 15.0 Å². The highest BCUT2D eigenvalue weighted by molar-refractivity contribution is 6.16. The molecule has 6 heterocycles. The van der Waals surface area contributed by atoms with Crippen molar-refractivity contribution in [1.29, 1.82) is 0 Å². The third-order valence-electron chi connectivity index (χ3n) is 12.5. The quantitative estimate of drug-likeness (QED) is 0.0739. The van der Waals surface area contributed by atoms with Crippen molar-refractivity contribution >= 4 is 56.5 Å². The number of hydrogen-bond donors (Lipinski definition) is 6. The molecular weight excluding hydrogens is 885 g/mol. The summed E-state index contributed by atoms with van der Waals surface area (Å²) in [5, 5.41) is 38.3. The minimum Gasteiger partial charge on any atom is -0.349 e. The molecule has 18 heteroatoms. The van der Waals surface area contributed by atoms with Gasteiger partial charge in [0, 0.05) is 54.9 Å². The number of anilines is 2. The van der Waals surface area contributed by atoms with E-state index in [2.05, 4.69) is 62.4 Å². The van der Waals surface area contributed by atoms with E-state index in [0.717, 1.165) is 84.3 Å². The summed E-state index contributed by atoms with van der Waals surface area (Å²) in [6.45, 7) is 4.04. The number of nitrogens with one attached hydrogen (secondary N) is 6. The fourth-order valence-electron chi connectivity index (χ4n) is 8.91. The van der Waals surface area contributed by atoms with Gasteiger partial charge >= 0.3 is 0 Å². The van der Waals surface area contributed by atoms with E-state index < -0.39 is 0 Å². The van der Waals surface area contributed by atoms with Crippen molar-refractivity contribution in [2.75, 3.05) is 36.8 Å². The number of nitrogens with zero attached hydrogens (tertiary/aromatic N) is 8. The van der Waals surface area contributed by atoms with Gasteiger partial charge in [-0.15, -0.1) is 5.10 Å². The van der Waals surface area contributed by atoms with E-state index in [9.17, 15) is 19.2 Å². The Labute approximate surface area is 404 Å². The summed E-state index contributed by atoms with van der Waals surface area (Å²) in [7, 11) is 0. The highest BCUT2D eigenvalue weighted by Gasteiger charge is 2.22. The normalized spacial score (nSPS) is 15.6. The van der Waals surface area contributed by atoms with E-state index in [1.165, 1.54) is 0 Å². The zero-order valence-electron chi connectivity index (χ0n) is 38.6. The molecule has 2 saturated heterocycles. The molecule has 0 radical (unpaired) electrons. The van der Waals surface area contributed by atoms with Crippen molar-refractivity contribution in [2.45, 2.75) is 63.7 Å². The second kappa shape index (κ2) is 22.7. The number of piperidine rings is 2. The number of hydrogen-bond acceptors (Lipinski definition) is 12. The number of carbonyl (C=O) groups excluding carboxylic acids is 4. The van der Waals surface area contributed by atoms with Crippen LogP contribution in [-0.4, -0.2) is 102 Å². The molecule has 2 fully saturated rings. The minimum absolute atomic E-state index is 0.197. The molecule has 0 spiro atoms. The molecule has 0 aliphatic carbocycles. The van der Waals surface area contributed by atoms with Crippen LogP contribution < -0.4 is 31.9 Å². The van der Waals surface area contributed by atoms with Crippen molar-refractivity contribution in [1.82, 2.24) is 61.2 Å². The minimum atomic E-state index is -0.305. The molecular formula is C52H54N14O4. The standard InChI is InChI=1S/2C26H27N7O2/c34-25(22-11-10-18(17-33-15-14-30-32-33)20-7-1-2-8-21(20)22)31-23-9-5-13-28-24(23)26(35)29-16-19-6-3-4-12-27-19;34-25(22-11-10-18(17-33-30-14-15-31-33)20-7-1-2-8-21(20)22)32-23-9-5-13-28-24(23)26(35)29-16-19-6-3-4-12-27-19/h1-2,5,7-11,13-15,19,27H,3-4,6,12,16-17H2,(H,29,35)(H,31,34);1-2,5,7-11,13-15,19,27H,3-4,6,12,16-17H2,(H,29,35)(H,32,34). The molecule has 70 heavy (non-hydrogen) atoms. The lowest BCUT2D eigenvalue weighted by atomic mass is 9.99. The smallest absolute Gasteiger partial charge is 0.272 e. The second-order valence-corrected chi connectivity index (χ2v) is 17.2. The summed E-state index contributed by atoms with van der Waals surface area (Å²) in [6.07, 6.45) is 16.5. The Kier molecular flexibility index (Phi) is 15.2. The molecule has 2 atom stereocenters. The number of pyridine rings is 2. The van der Waals surface area contributed by atoms with Crippen molar-refractivity contribution in [3.8, 4) is 0 Å². The van der Waals surface area contributed by atoms with Gasteiger partial charge < -0.3 is 31.9 Å². The molecule has 2 aliphatic heterocycles. The first kappa shape index (κ1) is 46.9. The van der Waals surface area contributed by atoms with Gasteiger partial charge in [0.25, 0.3) is 23.6 Å². The van der Waals surface area contributed by atoms with E-state index in [4.69, 9.17) is 0 Å². The molecule has 8 aromatic rings. The van der Waals surface area contributed by atoms with Gasteiger partial charge in [-0.05, 0) is 108 Å². The monoisotopic (exact) mass is 938 g/mol. The molecule has 4 aromatic carbocycles. The maximum atomic E-state index is 13.3. The maximum absolute atomic E-state index is 13.3. The Bertz CT molecular complexity index is 2870. The van der Waals surface area contributed by atoms with Crippen molar-refractivity contribution < 1.29 is 19.2 Å². The molecule has 18 nitrogen and oxygen atoms in total. The third-order valence-corrected chi connectivity index (χ3v) is 12.5. The van der Waals surface area contributed by atoms with Crippen molar-refractivity contribution in [3.05, 3.63) is 168 Å². The van der Waals surface area contributed by atoms with Crippen molar-refractivity contribution in [3.63, 3.8) is 0 Å². The Balaban J connectivity index is 0.000000174. The summed E-state index contributed by atoms with van der Waals surface area (Å²) >= 11 is 0. The van der Waals surface area contributed by atoms with Crippen LogP contribution in [0.3, 0.4) is 0 Å². The predicted octanol–water partition coefficient (Wildman–Crippen LogP) is 6.00. The van der Waals surface area contributed by atoms with Gasteiger partial charge in [0.2, 0.25) is 0 Å². The van der Waals surface area contributed by atoms with Crippen LogP contribution in [0.5, 0.6) is 0 Å². The Morgan fingerprint density at radius 1 is 0.529 bits per heavy atom. The second-order valence-electron chi connectivity index (χ2n) is 17.2. The molecule has 6 N–H and O–H groups in total. The molecule has 10 rings (SSSR count). The highest BCUT2D eigenvalue weighted by atomic mass is 16.2. The van der Waals surface area contributed by atoms with Gasteiger partial charge in [0.15, 0.2) is 11.4 Å². The lowest BCUT2D eigenvalue weighted by molar-refractivity contribution is 0.0935. The van der Waals surface area contributed by atoms with Crippen LogP contribution in [0.15, 0.2) is 134 Å². The van der Waals surface area contributed by atoms with Crippen molar-refractivity contribution in [2.24, 2.45) is 0 Å². The fraction of sp³-hybridized carbons (Fsp3) is 0.269. The Morgan fingerprint density at radius 2 is 1.03 bits per heavy atom. The van der Waals surface area contributed by atoms with Gasteiger partial charge in [-0.3, -0.25) is 19.2 Å². The average Bonchev–Trinajstić information content (AvgIpc) is 4.14. The van der Waals surface area contributed by atoms with E-state index in [0.29, 0.717) is 48.7 Å². The largest absolute Gasteiger partial charge is 0.349 e. The number of amides is 4. The summed E-state index contributed by atoms with van der Waals surface area (Å²) in [5.74, 6) is -1.22. The van der Waals surface area contributed by atoms with Crippen LogP contribution in [0.1, 0.15) is 91.3 Å². The number of fused-ring (bicyclic) bond motifs is 2. The SMILES string of the molecule is O=C(NCC1CCCCN1)c1ncccc1NC(=O)c1ccc(Cn2ccnn2)c2ccccc12.O=C(NCC1CCCCN1)c1ncccc1NC(=O)c1ccc(Cn2nccn2)c2ccccc12. The van der Waals surface area contributed by atoms with E-state index in [-0.39, 0.29) is 47.1 Å². The van der Waals surface area contributed by atoms with Crippen LogP contribution in [0.4, 0.5) is 11.4 Å². The Morgan fingerprint density at radius 3 is 1.50 bits per heavy atom. The molecule has 0 saturated carbocycles. The van der Waals surface area contributed by atoms with Gasteiger partial charge in [0.05, 0.1) is 43.1 Å². The van der Waals surface area contributed by atoms with Crippen LogP contribution in [0.2, 0.25) is 0 Å². The van der Waals surface area contributed by atoms with E-state index in [1.807, 2.05) is 60.7 Å². The fourth-order valence-corrected chi connectivity index (χ4v) is 8.91. The predicted molar refractivity (Wildman–Crippen MR) is 266 cm³/mol. The highest BCUT2D eigenvalue weighted by Crippen LogP contribution is 2.27. The maximum Gasteiger partial charge on any atom is 0.272 e. The van der Waals surface area contributed by atoms with Gasteiger partial charge in [-0.1, -0.05) is 78.7 Å².